The molecular weight excluding hydrogens is 1590 g/mol. The van der Waals surface area contributed by atoms with E-state index in [1.165, 1.54) is 43.3 Å². The van der Waals surface area contributed by atoms with E-state index >= 15 is 0 Å². The average molecular weight is 1700 g/mol. The predicted octanol–water partition coefficient (Wildman–Crippen LogP) is 10.3. The Bertz CT molecular complexity index is 4770. The molecule has 22 nitrogen and oxygen atoms in total. The van der Waals surface area contributed by atoms with Crippen LogP contribution in [0.3, 0.4) is 0 Å². The molecule has 122 heavy (non-hydrogen) atoms. The maximum Gasteiger partial charge on any atom is 0.416 e. The molecule has 7 fully saturated rings. The number of amides is 1. The molecule has 0 aliphatic heterocycles. The maximum absolute atomic E-state index is 13.6. The molecule has 7 aromatic carbocycles. The molecule has 0 saturated heterocycles. The summed E-state index contributed by atoms with van der Waals surface area (Å²) in [7, 11) is 0. The van der Waals surface area contributed by atoms with Crippen molar-refractivity contribution in [3.8, 4) is 0 Å². The number of aliphatic hydroxyl groups is 7. The largest absolute Gasteiger partial charge is 0.416 e. The van der Waals surface area contributed by atoms with Gasteiger partial charge in [0.25, 0.3) is 0 Å². The average Bonchev–Trinajstić information content (AvgIpc) is 0.772. The van der Waals surface area contributed by atoms with Gasteiger partial charge in [-0.2, -0.15) is 13.2 Å². The minimum Gasteiger partial charge on any atom is -0.385 e. The number of carbonyl (C=O) groups excluding carboxylic acids is 8. The third kappa shape index (κ3) is 22.1. The normalized spacial score (nSPS) is 29.0. The van der Waals surface area contributed by atoms with E-state index in [4.69, 9.17) is 28.7 Å². The zero-order valence-electron chi connectivity index (χ0n) is 69.5. The van der Waals surface area contributed by atoms with Crippen molar-refractivity contribution in [3.05, 3.63) is 248 Å². The van der Waals surface area contributed by atoms with E-state index in [0.29, 0.717) is 83.6 Å². The van der Waals surface area contributed by atoms with Crippen molar-refractivity contribution in [1.82, 2.24) is 10.6 Å². The lowest BCUT2D eigenvalue weighted by Gasteiger charge is -2.39. The number of hydrogen-bond acceptors (Lipinski definition) is 21. The number of nitrogens with one attached hydrogen (secondary N) is 2. The number of aliphatic hydroxyl groups excluding tert-OH is 7. The molecular formula is C93H114F7N7O15. The van der Waals surface area contributed by atoms with Crippen LogP contribution >= 0.6 is 0 Å². The number of rotatable bonds is 10. The predicted molar refractivity (Wildman–Crippen MR) is 443 cm³/mol. The minimum absolute atomic E-state index is 0.0822. The van der Waals surface area contributed by atoms with Crippen molar-refractivity contribution < 1.29 is 105 Å². The number of hydrogen-bond donors (Lipinski definition) is 14. The van der Waals surface area contributed by atoms with Gasteiger partial charge >= 0.3 is 6.18 Å². The molecule has 7 aliphatic carbocycles. The van der Waals surface area contributed by atoms with Gasteiger partial charge in [0.05, 0.1) is 11.1 Å². The molecule has 0 aromatic heterocycles. The number of alkyl halides is 3. The van der Waals surface area contributed by atoms with Gasteiger partial charge in [-0.1, -0.05) is 163 Å². The fraction of sp³-hybridized carbons (Fsp3) is 0.462. The van der Waals surface area contributed by atoms with Gasteiger partial charge in [0.2, 0.25) is 5.91 Å². The monoisotopic (exact) mass is 1700 g/mol. The smallest absolute Gasteiger partial charge is 0.385 e. The Morgan fingerprint density at radius 2 is 0.680 bits per heavy atom. The molecule has 7 saturated carbocycles. The molecule has 7 aromatic rings. The van der Waals surface area contributed by atoms with Gasteiger partial charge in [0.1, 0.15) is 93.1 Å². The zero-order chi connectivity index (χ0) is 90.3. The highest BCUT2D eigenvalue weighted by molar-refractivity contribution is 5.99. The highest BCUT2D eigenvalue weighted by Crippen LogP contribution is 2.44. The van der Waals surface area contributed by atoms with Crippen LogP contribution < -0.4 is 39.3 Å². The van der Waals surface area contributed by atoms with Crippen LogP contribution in [0.2, 0.25) is 0 Å². The molecule has 0 radical (unpaired) electrons. The molecule has 660 valence electrons. The van der Waals surface area contributed by atoms with Crippen molar-refractivity contribution in [2.45, 2.75) is 264 Å². The number of halogens is 7. The summed E-state index contributed by atoms with van der Waals surface area (Å²) in [4.78, 5) is 95.9. The molecule has 19 N–H and O–H groups in total. The van der Waals surface area contributed by atoms with E-state index in [2.05, 4.69) is 10.6 Å². The fourth-order valence-electron chi connectivity index (χ4n) is 17.2. The Balaban J connectivity index is 0.000000177. The lowest BCUT2D eigenvalue weighted by atomic mass is 9.73. The number of Topliss-reactive ketones (excluding diaryl/α,β-unsaturated/α-hetero) is 7. The quantitative estimate of drug-likeness (QED) is 0.0566. The molecule has 7 aliphatic rings. The van der Waals surface area contributed by atoms with Crippen molar-refractivity contribution in [1.29, 1.82) is 0 Å². The molecule has 12 unspecified atom stereocenters. The van der Waals surface area contributed by atoms with Gasteiger partial charge in [-0.15, -0.1) is 0 Å². The first-order valence-corrected chi connectivity index (χ1v) is 41.2. The van der Waals surface area contributed by atoms with Crippen LogP contribution in [0.15, 0.2) is 158 Å². The molecule has 0 spiro atoms. The topological polar surface area (TPSA) is 432 Å². The standard InChI is InChI=1S/C15H19NO3.C15H21NO2.C13H14F3NO2.2C13H17NO2.2C12H13F2NO2/c1-10-5-3-6-12(9-10)15(16-11(2)17)8-4-7-13(18)14(15)19;1-3-16-15(9-5-8-13(17)14(15)18)12-7-4-6-11(2)10-12;14-13(15,16)9-5-2-1-4-8(9)12(17)7-3-6-10(18)11(12)19;2*1-9-4-6-10(7-5-9)13(14)8-2-3-11(15)12(13)16;13-7-3-1-4-8(14)10(7)12(15)6-2-5-9(16)11(12)17;13-8-4-1-3-7(10(8)14)12(15)6-2-5-9(16)11(12)17/h3,5-6,9,13,18H,4,7-8H2,1-2H3,(H,16,17);4,6-7,10,13,16-17H,3,5,8-9H2,1-2H3;1-2,4-5,10,18H,3,6-7,17H2;2*4-7,11,15H,2-3,8,14H2,1H3;2*1,3-4,9,16H,2,5-6,15H2/t;;;11-,13-;;;/m...1.../s1. The number of nitrogens with two attached hydrogens (primary N) is 5. The summed E-state index contributed by atoms with van der Waals surface area (Å²) in [5.74, 6) is -7.10. The van der Waals surface area contributed by atoms with E-state index in [1.807, 2.05) is 132 Å². The summed E-state index contributed by atoms with van der Waals surface area (Å²) in [5.41, 5.74) is 27.0. The Morgan fingerprint density at radius 3 is 1.08 bits per heavy atom. The Labute approximate surface area is 705 Å². The summed E-state index contributed by atoms with van der Waals surface area (Å²) < 4.78 is 92.9. The van der Waals surface area contributed by atoms with E-state index in [0.717, 1.165) is 94.5 Å². The highest BCUT2D eigenvalue weighted by atomic mass is 19.4. The summed E-state index contributed by atoms with van der Waals surface area (Å²) in [5, 5.41) is 73.5. The van der Waals surface area contributed by atoms with Crippen molar-refractivity contribution in [3.63, 3.8) is 0 Å². The Hall–Kier alpha value is -9.31. The molecule has 14 rings (SSSR count). The van der Waals surface area contributed by atoms with Gasteiger partial charge < -0.3 is 75.0 Å². The molecule has 14 atom stereocenters. The van der Waals surface area contributed by atoms with Gasteiger partial charge in [-0.3, -0.25) is 38.4 Å². The van der Waals surface area contributed by atoms with Gasteiger partial charge in [-0.05, 0) is 221 Å². The lowest BCUT2D eigenvalue weighted by Crippen LogP contribution is -2.57. The van der Waals surface area contributed by atoms with E-state index in [9.17, 15) is 105 Å². The van der Waals surface area contributed by atoms with Crippen LogP contribution in [0.1, 0.15) is 215 Å². The van der Waals surface area contributed by atoms with Crippen molar-refractivity contribution >= 4 is 46.4 Å². The molecule has 1 amide bonds. The number of aryl methyl sites for hydroxylation is 4. The third-order valence-corrected chi connectivity index (χ3v) is 24.0. The van der Waals surface area contributed by atoms with E-state index in [1.54, 1.807) is 0 Å². The van der Waals surface area contributed by atoms with Crippen molar-refractivity contribution in [2.75, 3.05) is 6.54 Å². The molecule has 0 bridgehead atoms. The zero-order valence-corrected chi connectivity index (χ0v) is 69.5. The van der Waals surface area contributed by atoms with Crippen LogP contribution in [-0.4, -0.2) is 131 Å². The number of benzene rings is 7. The second-order valence-corrected chi connectivity index (χ2v) is 33.0. The number of carbonyl (C=O) groups is 8. The number of ketones is 7. The van der Waals surface area contributed by atoms with Crippen LogP contribution in [0.5, 0.6) is 0 Å². The second-order valence-electron chi connectivity index (χ2n) is 33.0. The van der Waals surface area contributed by atoms with Crippen LogP contribution in [0.25, 0.3) is 0 Å². The summed E-state index contributed by atoms with van der Waals surface area (Å²) in [6.07, 6.45) is -1.49. The van der Waals surface area contributed by atoms with Gasteiger partial charge in [-0.25, -0.2) is 17.6 Å². The third-order valence-electron chi connectivity index (χ3n) is 24.0. The molecule has 0 heterocycles. The van der Waals surface area contributed by atoms with Gasteiger partial charge in [0.15, 0.2) is 52.1 Å². The summed E-state index contributed by atoms with van der Waals surface area (Å²) in [6.45, 7) is 12.0. The van der Waals surface area contributed by atoms with E-state index in [-0.39, 0.29) is 72.3 Å². The van der Waals surface area contributed by atoms with Crippen LogP contribution in [-0.2, 0) is 83.3 Å². The summed E-state index contributed by atoms with van der Waals surface area (Å²) in [6, 6.07) is 42.5. The highest BCUT2D eigenvalue weighted by Gasteiger charge is 2.52. The minimum atomic E-state index is -4.58. The first-order valence-electron chi connectivity index (χ1n) is 41.2. The fourth-order valence-corrected chi connectivity index (χ4v) is 17.2. The van der Waals surface area contributed by atoms with E-state index < -0.39 is 139 Å². The maximum atomic E-state index is 13.6. The van der Waals surface area contributed by atoms with Crippen LogP contribution in [0, 0.1) is 51.0 Å². The number of likely N-dealkylation sites (N-methyl/N-ethyl adjacent to an activating group) is 1. The van der Waals surface area contributed by atoms with Gasteiger partial charge in [0, 0.05) is 12.5 Å². The first-order chi connectivity index (χ1) is 57.3. The van der Waals surface area contributed by atoms with Crippen LogP contribution in [0.4, 0.5) is 30.7 Å². The second kappa shape index (κ2) is 41.5. The summed E-state index contributed by atoms with van der Waals surface area (Å²) >= 11 is 0. The molecule has 29 heteroatoms. The van der Waals surface area contributed by atoms with Crippen molar-refractivity contribution in [2.24, 2.45) is 28.7 Å². The SMILES string of the molecule is CC(=O)NC1(c2cccc(C)c2)CCCC(O)C1=O.CCNC1(c2cccc(C)c2)CCCC(O)C1=O.Cc1ccc(C2(N)CCCC(O)C2=O)cc1.Cc1ccc([C@]2(N)CCC[C@@H](O)C2=O)cc1.NC1(c2c(F)cccc2F)CCCC(O)C1=O.NC1(c2cccc(F)c2F)CCCC(O)C1=O.NC1(c2ccccc2C(F)(F)F)CCCC(O)C1=O. The lowest BCUT2D eigenvalue weighted by molar-refractivity contribution is -0.142. The first kappa shape index (κ1) is 98.1. The Kier molecular flexibility index (Phi) is 33.3. The Morgan fingerprint density at radius 1 is 0.369 bits per heavy atom.